The van der Waals surface area contributed by atoms with E-state index in [9.17, 15) is 9.59 Å². The van der Waals surface area contributed by atoms with Gasteiger partial charge < -0.3 is 4.74 Å². The standard InChI is InChI=1S/C13H10BrClN2O3/c1-7-6-17(9-5-3-4-8(15)10(9)14)16-11(12(7)18)13(19)20-2/h3-6H,1-2H3. The molecule has 2 aromatic rings. The second kappa shape index (κ2) is 5.76. The van der Waals surface area contributed by atoms with Gasteiger partial charge >= 0.3 is 5.97 Å². The maximum atomic E-state index is 11.9. The van der Waals surface area contributed by atoms with Crippen molar-refractivity contribution < 1.29 is 9.53 Å². The molecule has 0 aliphatic heterocycles. The number of esters is 1. The Balaban J connectivity index is 2.70. The summed E-state index contributed by atoms with van der Waals surface area (Å²) in [6, 6.07) is 5.22. The molecule has 0 aliphatic rings. The van der Waals surface area contributed by atoms with Gasteiger partial charge in [-0.25, -0.2) is 9.48 Å². The van der Waals surface area contributed by atoms with E-state index in [0.717, 1.165) is 0 Å². The molecular weight excluding hydrogens is 348 g/mol. The van der Waals surface area contributed by atoms with Crippen LogP contribution in [-0.2, 0) is 4.74 Å². The molecule has 0 saturated carbocycles. The van der Waals surface area contributed by atoms with Crippen molar-refractivity contribution in [2.45, 2.75) is 6.92 Å². The molecule has 0 atom stereocenters. The lowest BCUT2D eigenvalue weighted by Crippen LogP contribution is -2.24. The Kier molecular flexibility index (Phi) is 4.25. The van der Waals surface area contributed by atoms with Gasteiger partial charge in [0.1, 0.15) is 0 Å². The van der Waals surface area contributed by atoms with E-state index in [-0.39, 0.29) is 5.69 Å². The molecule has 2 rings (SSSR count). The van der Waals surface area contributed by atoms with Gasteiger partial charge in [0.05, 0.1) is 22.3 Å². The quantitative estimate of drug-likeness (QED) is 0.775. The number of hydrogen-bond acceptors (Lipinski definition) is 4. The van der Waals surface area contributed by atoms with Crippen LogP contribution in [0, 0.1) is 6.92 Å². The van der Waals surface area contributed by atoms with Crippen molar-refractivity contribution in [2.24, 2.45) is 0 Å². The van der Waals surface area contributed by atoms with Gasteiger partial charge in [0.15, 0.2) is 0 Å². The van der Waals surface area contributed by atoms with Crippen LogP contribution in [0.1, 0.15) is 16.1 Å². The number of aromatic nitrogens is 2. The van der Waals surface area contributed by atoms with Crippen LogP contribution in [0.4, 0.5) is 0 Å². The fraction of sp³-hybridized carbons (Fsp3) is 0.154. The molecule has 7 heteroatoms. The number of halogens is 2. The van der Waals surface area contributed by atoms with Crippen molar-refractivity contribution in [3.8, 4) is 5.69 Å². The molecule has 1 heterocycles. The Bertz CT molecular complexity index is 743. The van der Waals surface area contributed by atoms with Gasteiger partial charge in [-0.1, -0.05) is 17.7 Å². The van der Waals surface area contributed by atoms with Crippen molar-refractivity contribution in [1.29, 1.82) is 0 Å². The van der Waals surface area contributed by atoms with E-state index >= 15 is 0 Å². The maximum absolute atomic E-state index is 11.9. The zero-order chi connectivity index (χ0) is 14.9. The molecule has 0 N–H and O–H groups in total. The third-order valence-corrected chi connectivity index (χ3v) is 4.03. The molecule has 0 spiro atoms. The van der Waals surface area contributed by atoms with E-state index in [4.69, 9.17) is 11.6 Å². The van der Waals surface area contributed by atoms with Gasteiger partial charge in [0, 0.05) is 11.8 Å². The van der Waals surface area contributed by atoms with Gasteiger partial charge in [-0.15, -0.1) is 0 Å². The second-order valence-electron chi connectivity index (χ2n) is 4.00. The summed E-state index contributed by atoms with van der Waals surface area (Å²) in [6.07, 6.45) is 1.53. The highest BCUT2D eigenvalue weighted by atomic mass is 79.9. The van der Waals surface area contributed by atoms with E-state index in [1.54, 1.807) is 25.1 Å². The first kappa shape index (κ1) is 14.7. The fourth-order valence-corrected chi connectivity index (χ4v) is 2.25. The molecule has 0 aliphatic carbocycles. The third kappa shape index (κ3) is 2.62. The molecule has 20 heavy (non-hydrogen) atoms. The molecule has 1 aromatic carbocycles. The number of ether oxygens (including phenoxy) is 1. The highest BCUT2D eigenvalue weighted by Crippen LogP contribution is 2.28. The van der Waals surface area contributed by atoms with E-state index in [0.29, 0.717) is 20.7 Å². The average molecular weight is 358 g/mol. The van der Waals surface area contributed by atoms with Crippen LogP contribution in [0.5, 0.6) is 0 Å². The number of nitrogens with zero attached hydrogens (tertiary/aromatic N) is 2. The number of aryl methyl sites for hydroxylation is 1. The first-order valence-corrected chi connectivity index (χ1v) is 6.76. The summed E-state index contributed by atoms with van der Waals surface area (Å²) in [5.74, 6) is -0.773. The van der Waals surface area contributed by atoms with Crippen molar-refractivity contribution in [1.82, 2.24) is 9.78 Å². The zero-order valence-corrected chi connectivity index (χ0v) is 13.0. The maximum Gasteiger partial charge on any atom is 0.362 e. The number of hydrogen-bond donors (Lipinski definition) is 0. The summed E-state index contributed by atoms with van der Waals surface area (Å²) < 4.78 is 6.60. The van der Waals surface area contributed by atoms with Gasteiger partial charge in [0.2, 0.25) is 11.1 Å². The normalized spacial score (nSPS) is 10.4. The highest BCUT2D eigenvalue weighted by Gasteiger charge is 2.17. The summed E-state index contributed by atoms with van der Waals surface area (Å²) in [7, 11) is 1.20. The highest BCUT2D eigenvalue weighted by molar-refractivity contribution is 9.10. The first-order valence-electron chi connectivity index (χ1n) is 5.59. The van der Waals surface area contributed by atoms with Crippen LogP contribution in [0.25, 0.3) is 5.69 Å². The van der Waals surface area contributed by atoms with Crippen molar-refractivity contribution >= 4 is 33.5 Å². The lowest BCUT2D eigenvalue weighted by atomic mass is 10.2. The van der Waals surface area contributed by atoms with Crippen LogP contribution in [-0.4, -0.2) is 22.9 Å². The molecule has 0 amide bonds. The third-order valence-electron chi connectivity index (χ3n) is 2.65. The van der Waals surface area contributed by atoms with E-state index in [1.165, 1.54) is 18.0 Å². The fourth-order valence-electron chi connectivity index (χ4n) is 1.63. The smallest absolute Gasteiger partial charge is 0.362 e. The molecule has 5 nitrogen and oxygen atoms in total. The largest absolute Gasteiger partial charge is 0.464 e. The Morgan fingerprint density at radius 2 is 2.15 bits per heavy atom. The summed E-state index contributed by atoms with van der Waals surface area (Å²) in [5.41, 5.74) is 0.281. The predicted molar refractivity (Wildman–Crippen MR) is 78.6 cm³/mol. The molecule has 0 fully saturated rings. The Morgan fingerprint density at radius 1 is 1.45 bits per heavy atom. The Morgan fingerprint density at radius 3 is 2.80 bits per heavy atom. The molecular formula is C13H10BrClN2O3. The molecule has 0 saturated heterocycles. The van der Waals surface area contributed by atoms with Gasteiger partial charge in [-0.2, -0.15) is 5.10 Å². The topological polar surface area (TPSA) is 61.2 Å². The summed E-state index contributed by atoms with van der Waals surface area (Å²) in [6.45, 7) is 1.60. The summed E-state index contributed by atoms with van der Waals surface area (Å²) in [5, 5.41) is 4.52. The summed E-state index contributed by atoms with van der Waals surface area (Å²) in [4.78, 5) is 23.5. The van der Waals surface area contributed by atoms with E-state index in [2.05, 4.69) is 25.8 Å². The van der Waals surface area contributed by atoms with Crippen molar-refractivity contribution in [2.75, 3.05) is 7.11 Å². The minimum atomic E-state index is -0.773. The monoisotopic (exact) mass is 356 g/mol. The van der Waals surface area contributed by atoms with Crippen LogP contribution < -0.4 is 5.43 Å². The zero-order valence-electron chi connectivity index (χ0n) is 10.7. The number of rotatable bonds is 2. The Labute approximate surface area is 128 Å². The summed E-state index contributed by atoms with van der Waals surface area (Å²) >= 11 is 9.37. The van der Waals surface area contributed by atoms with Crippen LogP contribution in [0.15, 0.2) is 33.7 Å². The van der Waals surface area contributed by atoms with Crippen LogP contribution in [0.3, 0.4) is 0 Å². The number of carbonyl (C=O) groups is 1. The van der Waals surface area contributed by atoms with Gasteiger partial charge in [0.25, 0.3) is 0 Å². The van der Waals surface area contributed by atoms with E-state index < -0.39 is 11.4 Å². The van der Waals surface area contributed by atoms with Crippen molar-refractivity contribution in [3.63, 3.8) is 0 Å². The minimum Gasteiger partial charge on any atom is -0.464 e. The van der Waals surface area contributed by atoms with Gasteiger partial charge in [-0.3, -0.25) is 4.79 Å². The lowest BCUT2D eigenvalue weighted by Gasteiger charge is -2.10. The minimum absolute atomic E-state index is 0.264. The molecule has 0 bridgehead atoms. The van der Waals surface area contributed by atoms with Crippen molar-refractivity contribution in [3.05, 3.63) is 55.4 Å². The van der Waals surface area contributed by atoms with E-state index in [1.807, 2.05) is 0 Å². The lowest BCUT2D eigenvalue weighted by molar-refractivity contribution is 0.0590. The predicted octanol–water partition coefficient (Wildman–Crippen LogP) is 2.74. The van der Waals surface area contributed by atoms with Gasteiger partial charge in [-0.05, 0) is 35.0 Å². The van der Waals surface area contributed by atoms with Crippen LogP contribution >= 0.6 is 27.5 Å². The Hall–Kier alpha value is -1.66. The number of benzene rings is 1. The number of carbonyl (C=O) groups excluding carboxylic acids is 1. The average Bonchev–Trinajstić information content (AvgIpc) is 2.44. The molecule has 104 valence electrons. The number of methoxy groups -OCH3 is 1. The molecule has 1 aromatic heterocycles. The molecule has 0 radical (unpaired) electrons. The van der Waals surface area contributed by atoms with Crippen LogP contribution in [0.2, 0.25) is 5.02 Å². The molecule has 0 unspecified atom stereocenters. The second-order valence-corrected chi connectivity index (χ2v) is 5.20. The SMILES string of the molecule is COC(=O)c1nn(-c2cccc(Cl)c2Br)cc(C)c1=O. The first-order chi connectivity index (χ1) is 9.45.